The highest BCUT2D eigenvalue weighted by Crippen LogP contribution is 2.26. The second kappa shape index (κ2) is 10.6. The molecule has 2 aliphatic rings. The molecule has 1 aromatic carbocycles. The molecule has 2 unspecified atom stereocenters. The number of hydrogen-bond donors (Lipinski definition) is 1. The molecular formula is C22H33N3O3. The predicted molar refractivity (Wildman–Crippen MR) is 109 cm³/mol. The number of amides is 2. The molecule has 28 heavy (non-hydrogen) atoms. The van der Waals surface area contributed by atoms with E-state index < -0.39 is 0 Å². The van der Waals surface area contributed by atoms with Crippen molar-refractivity contribution >= 4 is 11.8 Å². The van der Waals surface area contributed by atoms with Crippen LogP contribution in [0.1, 0.15) is 37.7 Å². The number of carbonyl (C=O) groups is 2. The normalized spacial score (nSPS) is 23.2. The number of ether oxygens (including phenoxy) is 1. The molecule has 1 aromatic rings. The van der Waals surface area contributed by atoms with Crippen molar-refractivity contribution < 1.29 is 14.3 Å². The predicted octanol–water partition coefficient (Wildman–Crippen LogP) is 2.04. The van der Waals surface area contributed by atoms with Crippen LogP contribution in [0.15, 0.2) is 30.3 Å². The van der Waals surface area contributed by atoms with E-state index in [2.05, 4.69) is 34.5 Å². The van der Waals surface area contributed by atoms with Gasteiger partial charge in [-0.25, -0.2) is 0 Å². The lowest BCUT2D eigenvalue weighted by atomic mass is 9.88. The maximum atomic E-state index is 12.9. The van der Waals surface area contributed by atoms with E-state index in [1.165, 1.54) is 5.56 Å². The Labute approximate surface area is 168 Å². The molecule has 0 spiro atoms. The lowest BCUT2D eigenvalue weighted by molar-refractivity contribution is -0.130. The number of likely N-dealkylation sites (tertiary alicyclic amines) is 2. The summed E-state index contributed by atoms with van der Waals surface area (Å²) in [7, 11) is 1.71. The van der Waals surface area contributed by atoms with Gasteiger partial charge in [0.1, 0.15) is 0 Å². The summed E-state index contributed by atoms with van der Waals surface area (Å²) in [5.41, 5.74) is 1.26. The van der Waals surface area contributed by atoms with Crippen LogP contribution >= 0.6 is 0 Å². The zero-order valence-corrected chi connectivity index (χ0v) is 16.9. The fourth-order valence-corrected chi connectivity index (χ4v) is 4.39. The molecule has 0 bridgehead atoms. The number of nitrogens with zero attached hydrogens (tertiary/aromatic N) is 2. The third-order valence-corrected chi connectivity index (χ3v) is 5.87. The molecule has 154 valence electrons. The van der Waals surface area contributed by atoms with Gasteiger partial charge in [-0.15, -0.1) is 0 Å². The monoisotopic (exact) mass is 387 g/mol. The van der Waals surface area contributed by atoms with Crippen molar-refractivity contribution in [3.63, 3.8) is 0 Å². The summed E-state index contributed by atoms with van der Waals surface area (Å²) in [6.07, 6.45) is 4.36. The third kappa shape index (κ3) is 5.55. The van der Waals surface area contributed by atoms with Crippen molar-refractivity contribution in [1.29, 1.82) is 0 Å². The van der Waals surface area contributed by atoms with Crippen molar-refractivity contribution in [2.24, 2.45) is 5.92 Å². The zero-order valence-electron chi connectivity index (χ0n) is 16.9. The molecule has 2 heterocycles. The largest absolute Gasteiger partial charge is 0.383 e. The number of piperidine rings is 1. The van der Waals surface area contributed by atoms with E-state index in [4.69, 9.17) is 4.74 Å². The van der Waals surface area contributed by atoms with Crippen LogP contribution < -0.4 is 5.32 Å². The first-order chi connectivity index (χ1) is 13.7. The Hall–Kier alpha value is -1.92. The van der Waals surface area contributed by atoms with Crippen LogP contribution in [0.25, 0.3) is 0 Å². The van der Waals surface area contributed by atoms with Gasteiger partial charge in [-0.3, -0.25) is 14.5 Å². The molecule has 0 aromatic heterocycles. The van der Waals surface area contributed by atoms with Gasteiger partial charge in [0.2, 0.25) is 11.8 Å². The van der Waals surface area contributed by atoms with E-state index in [1.54, 1.807) is 7.11 Å². The number of hydrogen-bond acceptors (Lipinski definition) is 4. The minimum atomic E-state index is -0.0502. The Balaban J connectivity index is 1.51. The summed E-state index contributed by atoms with van der Waals surface area (Å²) < 4.78 is 5.47. The van der Waals surface area contributed by atoms with Crippen molar-refractivity contribution in [3.05, 3.63) is 35.9 Å². The first-order valence-electron chi connectivity index (χ1n) is 10.5. The van der Waals surface area contributed by atoms with Crippen molar-refractivity contribution in [2.45, 2.75) is 44.7 Å². The summed E-state index contributed by atoms with van der Waals surface area (Å²) >= 11 is 0. The van der Waals surface area contributed by atoms with Crippen LogP contribution in [0, 0.1) is 5.92 Å². The second-order valence-electron chi connectivity index (χ2n) is 7.86. The molecule has 0 aliphatic carbocycles. The fraction of sp³-hybridized carbons (Fsp3) is 0.636. The SMILES string of the molecule is COCC1C(C(=O)NCCCN2CCCC2=O)CCCN1Cc1ccccc1. The molecule has 0 saturated carbocycles. The Kier molecular flexibility index (Phi) is 7.86. The maximum Gasteiger partial charge on any atom is 0.224 e. The van der Waals surface area contributed by atoms with Crippen molar-refractivity contribution in [2.75, 3.05) is 39.9 Å². The van der Waals surface area contributed by atoms with Gasteiger partial charge in [0, 0.05) is 45.8 Å². The number of nitrogens with one attached hydrogen (secondary N) is 1. The Morgan fingerprint density at radius 1 is 1.21 bits per heavy atom. The third-order valence-electron chi connectivity index (χ3n) is 5.87. The molecule has 6 nitrogen and oxygen atoms in total. The van der Waals surface area contributed by atoms with E-state index in [0.717, 1.165) is 51.9 Å². The molecule has 2 atom stereocenters. The fourth-order valence-electron chi connectivity index (χ4n) is 4.39. The van der Waals surface area contributed by atoms with Crippen LogP contribution in [0.3, 0.4) is 0 Å². The van der Waals surface area contributed by atoms with Crippen molar-refractivity contribution in [1.82, 2.24) is 15.1 Å². The molecule has 1 N–H and O–H groups in total. The zero-order chi connectivity index (χ0) is 19.8. The Morgan fingerprint density at radius 3 is 2.75 bits per heavy atom. The standard InChI is InChI=1S/C22H33N3O3/c1-28-17-20-19(10-5-14-25(20)16-18-8-3-2-4-9-18)22(27)23-12-7-15-24-13-6-11-21(24)26/h2-4,8-9,19-20H,5-7,10-17H2,1H3,(H,23,27). The van der Waals surface area contributed by atoms with Crippen LogP contribution in [0.2, 0.25) is 0 Å². The van der Waals surface area contributed by atoms with Gasteiger partial charge in [-0.05, 0) is 37.8 Å². The van der Waals surface area contributed by atoms with Crippen molar-refractivity contribution in [3.8, 4) is 0 Å². The smallest absolute Gasteiger partial charge is 0.224 e. The second-order valence-corrected chi connectivity index (χ2v) is 7.86. The highest BCUT2D eigenvalue weighted by molar-refractivity contribution is 5.79. The first kappa shape index (κ1) is 20.8. The van der Waals surface area contributed by atoms with Gasteiger partial charge in [0.05, 0.1) is 12.5 Å². The van der Waals surface area contributed by atoms with Gasteiger partial charge >= 0.3 is 0 Å². The molecular weight excluding hydrogens is 354 g/mol. The Morgan fingerprint density at radius 2 is 2.04 bits per heavy atom. The van der Waals surface area contributed by atoms with Gasteiger partial charge in [-0.1, -0.05) is 30.3 Å². The van der Waals surface area contributed by atoms with E-state index in [1.807, 2.05) is 11.0 Å². The highest BCUT2D eigenvalue weighted by Gasteiger charge is 2.35. The van der Waals surface area contributed by atoms with Gasteiger partial charge < -0.3 is 15.0 Å². The van der Waals surface area contributed by atoms with Gasteiger partial charge in [-0.2, -0.15) is 0 Å². The number of rotatable bonds is 9. The highest BCUT2D eigenvalue weighted by atomic mass is 16.5. The minimum Gasteiger partial charge on any atom is -0.383 e. The van der Waals surface area contributed by atoms with E-state index in [-0.39, 0.29) is 23.8 Å². The van der Waals surface area contributed by atoms with Crippen LogP contribution in [-0.2, 0) is 20.9 Å². The Bertz CT molecular complexity index is 637. The van der Waals surface area contributed by atoms with Gasteiger partial charge in [0.15, 0.2) is 0 Å². The molecule has 2 aliphatic heterocycles. The summed E-state index contributed by atoms with van der Waals surface area (Å²) in [6.45, 7) is 4.62. The number of benzene rings is 1. The summed E-state index contributed by atoms with van der Waals surface area (Å²) in [6, 6.07) is 10.5. The quantitative estimate of drug-likeness (QED) is 0.659. The average Bonchev–Trinajstić information content (AvgIpc) is 3.12. The lowest BCUT2D eigenvalue weighted by Crippen LogP contribution is -2.52. The van der Waals surface area contributed by atoms with Crippen LogP contribution in [-0.4, -0.2) is 67.6 Å². The van der Waals surface area contributed by atoms with E-state index >= 15 is 0 Å². The summed E-state index contributed by atoms with van der Waals surface area (Å²) in [5, 5.41) is 3.10. The van der Waals surface area contributed by atoms with Crippen LogP contribution in [0.5, 0.6) is 0 Å². The van der Waals surface area contributed by atoms with E-state index in [0.29, 0.717) is 19.6 Å². The minimum absolute atomic E-state index is 0.0502. The lowest BCUT2D eigenvalue weighted by Gasteiger charge is -2.40. The molecule has 3 rings (SSSR count). The van der Waals surface area contributed by atoms with Gasteiger partial charge in [0.25, 0.3) is 0 Å². The maximum absolute atomic E-state index is 12.9. The number of methoxy groups -OCH3 is 1. The van der Waals surface area contributed by atoms with Crippen LogP contribution in [0.4, 0.5) is 0 Å². The molecule has 2 amide bonds. The number of carbonyl (C=O) groups excluding carboxylic acids is 2. The average molecular weight is 388 g/mol. The molecule has 6 heteroatoms. The first-order valence-corrected chi connectivity index (χ1v) is 10.5. The summed E-state index contributed by atoms with van der Waals surface area (Å²) in [5.74, 6) is 0.314. The molecule has 2 saturated heterocycles. The van der Waals surface area contributed by atoms with E-state index in [9.17, 15) is 9.59 Å². The summed E-state index contributed by atoms with van der Waals surface area (Å²) in [4.78, 5) is 28.8. The molecule has 0 radical (unpaired) electrons. The topological polar surface area (TPSA) is 61.9 Å². The molecule has 2 fully saturated rings.